The number of aliphatic hydroxyl groups excluding tert-OH is 1. The molecule has 1 unspecified atom stereocenters. The lowest BCUT2D eigenvalue weighted by atomic mass is 9.85. The van der Waals surface area contributed by atoms with Crippen LogP contribution in [0, 0.1) is 5.92 Å². The van der Waals surface area contributed by atoms with E-state index in [1.807, 2.05) is 6.92 Å². The molecule has 1 atom stereocenters. The summed E-state index contributed by atoms with van der Waals surface area (Å²) in [5, 5.41) is 9.01. The Kier molecular flexibility index (Phi) is 4.01. The molecule has 0 amide bonds. The lowest BCUT2D eigenvalue weighted by Gasteiger charge is -2.34. The van der Waals surface area contributed by atoms with Gasteiger partial charge in [-0.1, -0.05) is 0 Å². The number of aliphatic hydroxyl groups is 1. The summed E-state index contributed by atoms with van der Waals surface area (Å²) in [6.07, 6.45) is 2.66. The largest absolute Gasteiger partial charge is 0.466 e. The van der Waals surface area contributed by atoms with Gasteiger partial charge in [0.15, 0.2) is 5.79 Å². The predicted molar refractivity (Wildman–Crippen MR) is 59.2 cm³/mol. The third kappa shape index (κ3) is 2.78. The molecule has 17 heavy (non-hydrogen) atoms. The lowest BCUT2D eigenvalue weighted by molar-refractivity contribution is -0.198. The quantitative estimate of drug-likeness (QED) is 0.745. The molecule has 98 valence electrons. The summed E-state index contributed by atoms with van der Waals surface area (Å²) in [5.74, 6) is -0.698. The van der Waals surface area contributed by atoms with Crippen molar-refractivity contribution in [3.05, 3.63) is 0 Å². The monoisotopic (exact) mass is 244 g/mol. The molecule has 5 heteroatoms. The average Bonchev–Trinajstić information content (AvgIpc) is 2.74. The van der Waals surface area contributed by atoms with E-state index in [1.54, 1.807) is 0 Å². The second kappa shape index (κ2) is 5.33. The first kappa shape index (κ1) is 12.8. The zero-order valence-electron chi connectivity index (χ0n) is 10.2. The third-order valence-electron chi connectivity index (χ3n) is 3.48. The van der Waals surface area contributed by atoms with Gasteiger partial charge in [-0.3, -0.25) is 4.79 Å². The topological polar surface area (TPSA) is 65.0 Å². The molecule has 2 rings (SSSR count). The minimum atomic E-state index is -0.559. The highest BCUT2D eigenvalue weighted by Gasteiger charge is 2.45. The van der Waals surface area contributed by atoms with Crippen molar-refractivity contribution >= 4 is 5.97 Å². The molecule has 0 aromatic carbocycles. The summed E-state index contributed by atoms with van der Waals surface area (Å²) in [5.41, 5.74) is 0. The van der Waals surface area contributed by atoms with Gasteiger partial charge >= 0.3 is 5.97 Å². The molecule has 2 fully saturated rings. The third-order valence-corrected chi connectivity index (χ3v) is 3.48. The van der Waals surface area contributed by atoms with Crippen molar-refractivity contribution in [1.82, 2.24) is 0 Å². The molecule has 1 heterocycles. The maximum absolute atomic E-state index is 11.6. The van der Waals surface area contributed by atoms with Gasteiger partial charge in [0.2, 0.25) is 0 Å². The molecule has 1 saturated carbocycles. The fourth-order valence-electron chi connectivity index (χ4n) is 2.52. The molecule has 0 bridgehead atoms. The van der Waals surface area contributed by atoms with Crippen molar-refractivity contribution in [3.8, 4) is 0 Å². The van der Waals surface area contributed by atoms with Gasteiger partial charge < -0.3 is 19.3 Å². The number of hydrogen-bond donors (Lipinski definition) is 1. The van der Waals surface area contributed by atoms with Crippen LogP contribution >= 0.6 is 0 Å². The summed E-state index contributed by atoms with van der Waals surface area (Å²) >= 11 is 0. The maximum atomic E-state index is 11.6. The van der Waals surface area contributed by atoms with E-state index in [2.05, 4.69) is 0 Å². The highest BCUT2D eigenvalue weighted by molar-refractivity contribution is 5.72. The van der Waals surface area contributed by atoms with Gasteiger partial charge in [0, 0.05) is 12.8 Å². The van der Waals surface area contributed by atoms with Crippen LogP contribution in [0.2, 0.25) is 0 Å². The first-order chi connectivity index (χ1) is 8.19. The molecule has 0 aromatic heterocycles. The second-order valence-corrected chi connectivity index (χ2v) is 4.67. The molecule has 5 nitrogen and oxygen atoms in total. The molecular formula is C12H20O5. The molecule has 0 aromatic rings. The van der Waals surface area contributed by atoms with Crippen LogP contribution in [-0.2, 0) is 19.0 Å². The van der Waals surface area contributed by atoms with Gasteiger partial charge in [-0.25, -0.2) is 0 Å². The predicted octanol–water partition coefficient (Wildman–Crippen LogP) is 0.844. The Morgan fingerprint density at radius 1 is 1.47 bits per heavy atom. The van der Waals surface area contributed by atoms with Crippen LogP contribution in [0.4, 0.5) is 0 Å². The maximum Gasteiger partial charge on any atom is 0.308 e. The Labute approximate surface area is 101 Å². The molecule has 1 N–H and O–H groups in total. The van der Waals surface area contributed by atoms with Gasteiger partial charge in [0.25, 0.3) is 0 Å². The van der Waals surface area contributed by atoms with Gasteiger partial charge in [-0.05, 0) is 19.8 Å². The van der Waals surface area contributed by atoms with Crippen LogP contribution in [-0.4, -0.2) is 42.8 Å². The minimum Gasteiger partial charge on any atom is -0.466 e. The van der Waals surface area contributed by atoms with Crippen LogP contribution in [0.25, 0.3) is 0 Å². The first-order valence-electron chi connectivity index (χ1n) is 6.28. The minimum absolute atomic E-state index is 0.0109. The summed E-state index contributed by atoms with van der Waals surface area (Å²) in [6, 6.07) is 0. The van der Waals surface area contributed by atoms with E-state index >= 15 is 0 Å². The number of carbonyl (C=O) groups excluding carboxylic acids is 1. The number of rotatable bonds is 3. The van der Waals surface area contributed by atoms with Gasteiger partial charge in [-0.15, -0.1) is 0 Å². The highest BCUT2D eigenvalue weighted by Crippen LogP contribution is 2.40. The van der Waals surface area contributed by atoms with E-state index < -0.39 is 5.79 Å². The van der Waals surface area contributed by atoms with Crippen LogP contribution in [0.15, 0.2) is 0 Å². The lowest BCUT2D eigenvalue weighted by Crippen LogP contribution is -2.38. The average molecular weight is 244 g/mol. The summed E-state index contributed by atoms with van der Waals surface area (Å²) in [4.78, 5) is 11.6. The standard InChI is InChI=1S/C12H20O5/c1-2-15-11(14)9-3-5-12(6-4-9)16-8-10(7-13)17-12/h9-10,13H,2-8H2,1H3. The Balaban J connectivity index is 1.84. The molecule has 1 spiro atoms. The van der Waals surface area contributed by atoms with E-state index in [4.69, 9.17) is 19.3 Å². The summed E-state index contributed by atoms with van der Waals surface area (Å²) in [7, 11) is 0. The fourth-order valence-corrected chi connectivity index (χ4v) is 2.52. The Hall–Kier alpha value is -0.650. The molecule has 2 aliphatic rings. The Morgan fingerprint density at radius 2 is 2.18 bits per heavy atom. The number of esters is 1. The van der Waals surface area contributed by atoms with Crippen LogP contribution < -0.4 is 0 Å². The van der Waals surface area contributed by atoms with Crippen LogP contribution in [0.5, 0.6) is 0 Å². The smallest absolute Gasteiger partial charge is 0.308 e. The van der Waals surface area contributed by atoms with E-state index in [1.165, 1.54) is 0 Å². The van der Waals surface area contributed by atoms with Crippen LogP contribution in [0.3, 0.4) is 0 Å². The van der Waals surface area contributed by atoms with Crippen LogP contribution in [0.1, 0.15) is 32.6 Å². The number of ether oxygens (including phenoxy) is 3. The van der Waals surface area contributed by atoms with E-state index in [9.17, 15) is 4.79 Å². The van der Waals surface area contributed by atoms with Gasteiger partial charge in [0.1, 0.15) is 6.10 Å². The molecule has 1 aliphatic carbocycles. The fraction of sp³-hybridized carbons (Fsp3) is 0.917. The normalized spacial score (nSPS) is 37.3. The zero-order valence-corrected chi connectivity index (χ0v) is 10.2. The van der Waals surface area contributed by atoms with E-state index in [-0.39, 0.29) is 24.6 Å². The van der Waals surface area contributed by atoms with E-state index in [0.29, 0.717) is 26.1 Å². The molecule has 0 radical (unpaired) electrons. The summed E-state index contributed by atoms with van der Waals surface area (Å²) in [6.45, 7) is 2.68. The van der Waals surface area contributed by atoms with Crippen molar-refractivity contribution in [1.29, 1.82) is 0 Å². The molecule has 1 saturated heterocycles. The first-order valence-corrected chi connectivity index (χ1v) is 6.28. The number of hydrogen-bond acceptors (Lipinski definition) is 5. The Bertz CT molecular complexity index is 270. The van der Waals surface area contributed by atoms with E-state index in [0.717, 1.165) is 12.8 Å². The molecule has 1 aliphatic heterocycles. The Morgan fingerprint density at radius 3 is 2.71 bits per heavy atom. The SMILES string of the molecule is CCOC(=O)C1CCC2(CC1)OCC(CO)O2. The van der Waals surface area contributed by atoms with Gasteiger partial charge in [0.05, 0.1) is 25.7 Å². The van der Waals surface area contributed by atoms with Crippen molar-refractivity contribution < 1.29 is 24.1 Å². The van der Waals surface area contributed by atoms with Gasteiger partial charge in [-0.2, -0.15) is 0 Å². The zero-order chi connectivity index (χ0) is 12.3. The van der Waals surface area contributed by atoms with Crippen molar-refractivity contribution in [2.24, 2.45) is 5.92 Å². The number of carbonyl (C=O) groups is 1. The second-order valence-electron chi connectivity index (χ2n) is 4.67. The van der Waals surface area contributed by atoms with Crippen molar-refractivity contribution in [2.45, 2.75) is 44.5 Å². The highest BCUT2D eigenvalue weighted by atomic mass is 16.7. The molecular weight excluding hydrogens is 224 g/mol. The summed E-state index contributed by atoms with van der Waals surface area (Å²) < 4.78 is 16.4. The van der Waals surface area contributed by atoms with Crippen molar-refractivity contribution in [2.75, 3.05) is 19.8 Å². The van der Waals surface area contributed by atoms with Crippen molar-refractivity contribution in [3.63, 3.8) is 0 Å².